The Hall–Kier alpha value is -2.20. The lowest BCUT2D eigenvalue weighted by molar-refractivity contribution is -0.128. The summed E-state index contributed by atoms with van der Waals surface area (Å²) in [6.07, 6.45) is 2.99. The van der Waals surface area contributed by atoms with Crippen LogP contribution in [0.2, 0.25) is 0 Å². The number of rotatable bonds is 4. The molecule has 0 bridgehead atoms. The van der Waals surface area contributed by atoms with E-state index >= 15 is 0 Å². The van der Waals surface area contributed by atoms with Gasteiger partial charge in [-0.1, -0.05) is 40.2 Å². The summed E-state index contributed by atoms with van der Waals surface area (Å²) in [4.78, 5) is 23.2. The van der Waals surface area contributed by atoms with Crippen LogP contribution in [0.1, 0.15) is 22.8 Å². The Morgan fingerprint density at radius 3 is 2.38 bits per heavy atom. The standard InChI is InChI=1S/C17H13BrO3/c1-12(19)15-4-2-3-5-16(15)21-17(20)11-8-13-6-9-14(18)10-7-13/h2-11H,1H3/b11-8+. The zero-order valence-electron chi connectivity index (χ0n) is 11.4. The first-order valence-electron chi connectivity index (χ1n) is 6.31. The lowest BCUT2D eigenvalue weighted by Crippen LogP contribution is -2.07. The molecular formula is C17H13BrO3. The predicted molar refractivity (Wildman–Crippen MR) is 85.3 cm³/mol. The molecular weight excluding hydrogens is 332 g/mol. The maximum Gasteiger partial charge on any atom is 0.336 e. The Kier molecular flexibility index (Phi) is 5.06. The molecule has 21 heavy (non-hydrogen) atoms. The van der Waals surface area contributed by atoms with Crippen LogP contribution in [-0.4, -0.2) is 11.8 Å². The van der Waals surface area contributed by atoms with Crippen molar-refractivity contribution in [1.82, 2.24) is 0 Å². The number of carbonyl (C=O) groups is 2. The average Bonchev–Trinajstić information content (AvgIpc) is 2.47. The van der Waals surface area contributed by atoms with Crippen molar-refractivity contribution < 1.29 is 14.3 Å². The molecule has 0 unspecified atom stereocenters. The first-order chi connectivity index (χ1) is 10.1. The maximum absolute atomic E-state index is 11.8. The molecule has 0 radical (unpaired) electrons. The van der Waals surface area contributed by atoms with Gasteiger partial charge in [0.25, 0.3) is 0 Å². The number of benzene rings is 2. The summed E-state index contributed by atoms with van der Waals surface area (Å²) in [6.45, 7) is 1.43. The second-order valence-corrected chi connectivity index (χ2v) is 5.27. The Morgan fingerprint density at radius 2 is 1.71 bits per heavy atom. The minimum Gasteiger partial charge on any atom is -0.423 e. The lowest BCUT2D eigenvalue weighted by atomic mass is 10.1. The van der Waals surface area contributed by atoms with Gasteiger partial charge >= 0.3 is 5.97 Å². The van der Waals surface area contributed by atoms with E-state index in [1.807, 2.05) is 24.3 Å². The van der Waals surface area contributed by atoms with Gasteiger partial charge in [0.15, 0.2) is 5.78 Å². The third-order valence-corrected chi connectivity index (χ3v) is 3.29. The van der Waals surface area contributed by atoms with E-state index in [4.69, 9.17) is 4.74 Å². The topological polar surface area (TPSA) is 43.4 Å². The van der Waals surface area contributed by atoms with Gasteiger partial charge in [-0.05, 0) is 42.8 Å². The SMILES string of the molecule is CC(=O)c1ccccc1OC(=O)/C=C/c1ccc(Br)cc1. The number of ketones is 1. The van der Waals surface area contributed by atoms with Crippen molar-refractivity contribution in [3.05, 3.63) is 70.2 Å². The van der Waals surface area contributed by atoms with E-state index in [1.54, 1.807) is 30.3 Å². The zero-order valence-corrected chi connectivity index (χ0v) is 13.0. The smallest absolute Gasteiger partial charge is 0.336 e. The van der Waals surface area contributed by atoms with E-state index in [0.29, 0.717) is 5.56 Å². The second-order valence-electron chi connectivity index (χ2n) is 4.36. The molecule has 4 heteroatoms. The van der Waals surface area contributed by atoms with Crippen LogP contribution >= 0.6 is 15.9 Å². The quantitative estimate of drug-likeness (QED) is 0.360. The summed E-state index contributed by atoms with van der Waals surface area (Å²) in [5, 5.41) is 0. The number of halogens is 1. The predicted octanol–water partition coefficient (Wildman–Crippen LogP) is 4.27. The van der Waals surface area contributed by atoms with Gasteiger partial charge in [0.1, 0.15) is 5.75 Å². The summed E-state index contributed by atoms with van der Waals surface area (Å²) in [5.41, 5.74) is 1.28. The highest BCUT2D eigenvalue weighted by molar-refractivity contribution is 9.10. The van der Waals surface area contributed by atoms with Gasteiger partial charge in [0.05, 0.1) is 5.56 Å². The highest BCUT2D eigenvalue weighted by Gasteiger charge is 2.09. The number of Topliss-reactive ketones (excluding diaryl/α,β-unsaturated/α-hetero) is 1. The Morgan fingerprint density at radius 1 is 1.05 bits per heavy atom. The molecule has 0 saturated carbocycles. The Labute approximate surface area is 131 Å². The molecule has 0 amide bonds. The van der Waals surface area contributed by atoms with Crippen LogP contribution < -0.4 is 4.74 Å². The van der Waals surface area contributed by atoms with Crippen molar-refractivity contribution in [3.63, 3.8) is 0 Å². The molecule has 2 aromatic carbocycles. The molecule has 0 aromatic heterocycles. The number of hydrogen-bond donors (Lipinski definition) is 0. The summed E-state index contributed by atoms with van der Waals surface area (Å²) in [7, 11) is 0. The summed E-state index contributed by atoms with van der Waals surface area (Å²) < 4.78 is 6.17. The van der Waals surface area contributed by atoms with E-state index < -0.39 is 5.97 Å². The van der Waals surface area contributed by atoms with Gasteiger partial charge < -0.3 is 4.74 Å². The molecule has 0 aliphatic heterocycles. The monoisotopic (exact) mass is 344 g/mol. The third kappa shape index (κ3) is 4.39. The van der Waals surface area contributed by atoms with E-state index in [1.165, 1.54) is 13.0 Å². The Balaban J connectivity index is 2.08. The highest BCUT2D eigenvalue weighted by Crippen LogP contribution is 2.19. The highest BCUT2D eigenvalue weighted by atomic mass is 79.9. The van der Waals surface area contributed by atoms with E-state index in [9.17, 15) is 9.59 Å². The molecule has 0 aliphatic rings. The molecule has 0 N–H and O–H groups in total. The van der Waals surface area contributed by atoms with Gasteiger partial charge in [-0.2, -0.15) is 0 Å². The number of hydrogen-bond acceptors (Lipinski definition) is 3. The first-order valence-corrected chi connectivity index (χ1v) is 7.11. The van der Waals surface area contributed by atoms with Crippen LogP contribution in [0.15, 0.2) is 59.1 Å². The maximum atomic E-state index is 11.8. The second kappa shape index (κ2) is 6.99. The molecule has 0 atom stereocenters. The number of carbonyl (C=O) groups excluding carboxylic acids is 2. The first kappa shape index (κ1) is 15.2. The molecule has 0 fully saturated rings. The summed E-state index contributed by atoms with van der Waals surface area (Å²) >= 11 is 3.34. The summed E-state index contributed by atoms with van der Waals surface area (Å²) in [5.74, 6) is -0.391. The lowest BCUT2D eigenvalue weighted by Gasteiger charge is -2.05. The third-order valence-electron chi connectivity index (χ3n) is 2.76. The number of ether oxygens (including phenoxy) is 1. The minimum absolute atomic E-state index is 0.143. The van der Waals surface area contributed by atoms with Gasteiger partial charge in [0.2, 0.25) is 0 Å². The fourth-order valence-corrected chi connectivity index (χ4v) is 1.99. The molecule has 0 spiro atoms. The van der Waals surface area contributed by atoms with Crippen molar-refractivity contribution in [1.29, 1.82) is 0 Å². The Bertz CT molecular complexity index is 687. The van der Waals surface area contributed by atoms with E-state index in [0.717, 1.165) is 10.0 Å². The van der Waals surface area contributed by atoms with Crippen molar-refractivity contribution >= 4 is 33.8 Å². The normalized spacial score (nSPS) is 10.6. The van der Waals surface area contributed by atoms with Crippen LogP contribution in [0.25, 0.3) is 6.08 Å². The number of para-hydroxylation sites is 1. The van der Waals surface area contributed by atoms with Crippen molar-refractivity contribution in [2.24, 2.45) is 0 Å². The van der Waals surface area contributed by atoms with Crippen molar-refractivity contribution in [2.75, 3.05) is 0 Å². The molecule has 106 valence electrons. The molecule has 0 saturated heterocycles. The largest absolute Gasteiger partial charge is 0.423 e. The van der Waals surface area contributed by atoms with Crippen LogP contribution in [0, 0.1) is 0 Å². The fraction of sp³-hybridized carbons (Fsp3) is 0.0588. The molecule has 2 aromatic rings. The van der Waals surface area contributed by atoms with Crippen molar-refractivity contribution in [2.45, 2.75) is 6.92 Å². The zero-order chi connectivity index (χ0) is 15.2. The van der Waals surface area contributed by atoms with Crippen LogP contribution in [0.3, 0.4) is 0 Å². The van der Waals surface area contributed by atoms with E-state index in [-0.39, 0.29) is 11.5 Å². The van der Waals surface area contributed by atoms with Crippen LogP contribution in [0.5, 0.6) is 5.75 Å². The van der Waals surface area contributed by atoms with Gasteiger partial charge in [-0.3, -0.25) is 4.79 Å². The van der Waals surface area contributed by atoms with Crippen LogP contribution in [-0.2, 0) is 4.79 Å². The van der Waals surface area contributed by atoms with Crippen molar-refractivity contribution in [3.8, 4) is 5.75 Å². The van der Waals surface area contributed by atoms with Gasteiger partial charge in [-0.15, -0.1) is 0 Å². The molecule has 0 heterocycles. The van der Waals surface area contributed by atoms with Gasteiger partial charge in [-0.25, -0.2) is 4.79 Å². The number of esters is 1. The average molecular weight is 345 g/mol. The van der Waals surface area contributed by atoms with Crippen LogP contribution in [0.4, 0.5) is 0 Å². The van der Waals surface area contributed by atoms with E-state index in [2.05, 4.69) is 15.9 Å². The molecule has 3 nitrogen and oxygen atoms in total. The molecule has 2 rings (SSSR count). The van der Waals surface area contributed by atoms with Gasteiger partial charge in [0, 0.05) is 10.5 Å². The summed E-state index contributed by atoms with van der Waals surface area (Å²) in [6, 6.07) is 14.2. The minimum atomic E-state index is -0.522. The molecule has 0 aliphatic carbocycles. The fourth-order valence-electron chi connectivity index (χ4n) is 1.73.